The van der Waals surface area contributed by atoms with E-state index in [1.54, 1.807) is 0 Å². The highest BCUT2D eigenvalue weighted by atomic mass is 19.1. The number of aryl methyl sites for hydroxylation is 1. The molecule has 0 fully saturated rings. The van der Waals surface area contributed by atoms with Gasteiger partial charge < -0.3 is 15.2 Å². The lowest BCUT2D eigenvalue weighted by Crippen LogP contribution is -2.31. The summed E-state index contributed by atoms with van der Waals surface area (Å²) >= 11 is 0. The predicted octanol–water partition coefficient (Wildman–Crippen LogP) is 1.39. The molecule has 106 valence electrons. The van der Waals surface area contributed by atoms with Gasteiger partial charge in [-0.25, -0.2) is 4.39 Å². The molecule has 0 heterocycles. The van der Waals surface area contributed by atoms with Crippen LogP contribution in [0.4, 0.5) is 10.1 Å². The number of ether oxygens (including phenoxy) is 1. The van der Waals surface area contributed by atoms with Crippen molar-refractivity contribution in [1.82, 2.24) is 5.32 Å². The Balaban J connectivity index is 2.69. The number of halogens is 1. The number of rotatable bonds is 7. The maximum Gasteiger partial charge on any atom is 0.275 e. The molecule has 1 rings (SSSR count). The number of hydrogen-bond donors (Lipinski definition) is 2. The Bertz CT molecular complexity index is 454. The lowest BCUT2D eigenvalue weighted by atomic mass is 10.2. The SMILES string of the molecule is CCNCC(O)COc1cc(C)c([N+](=O)[O-])cc1F. The van der Waals surface area contributed by atoms with Crippen molar-refractivity contribution in [3.8, 4) is 5.75 Å². The number of hydrogen-bond acceptors (Lipinski definition) is 5. The highest BCUT2D eigenvalue weighted by Crippen LogP contribution is 2.26. The first kappa shape index (κ1) is 15.3. The van der Waals surface area contributed by atoms with E-state index >= 15 is 0 Å². The molecule has 0 saturated carbocycles. The third-order valence-electron chi connectivity index (χ3n) is 2.51. The van der Waals surface area contributed by atoms with Crippen molar-refractivity contribution >= 4 is 5.69 Å². The number of nitrogens with one attached hydrogen (secondary N) is 1. The Morgan fingerprint density at radius 1 is 1.58 bits per heavy atom. The van der Waals surface area contributed by atoms with Gasteiger partial charge in [0.1, 0.15) is 12.7 Å². The van der Waals surface area contributed by atoms with Crippen LogP contribution in [-0.4, -0.2) is 35.8 Å². The predicted molar refractivity (Wildman–Crippen MR) is 67.8 cm³/mol. The normalized spacial score (nSPS) is 12.2. The quantitative estimate of drug-likeness (QED) is 0.579. The second-order valence-electron chi connectivity index (χ2n) is 4.10. The van der Waals surface area contributed by atoms with Gasteiger partial charge in [0.25, 0.3) is 5.69 Å². The fraction of sp³-hybridized carbons (Fsp3) is 0.500. The van der Waals surface area contributed by atoms with Crippen molar-refractivity contribution in [2.24, 2.45) is 0 Å². The minimum Gasteiger partial charge on any atom is -0.488 e. The van der Waals surface area contributed by atoms with E-state index in [0.717, 1.165) is 6.07 Å². The molecule has 1 aromatic carbocycles. The van der Waals surface area contributed by atoms with Crippen LogP contribution in [0.3, 0.4) is 0 Å². The lowest BCUT2D eigenvalue weighted by molar-refractivity contribution is -0.385. The summed E-state index contributed by atoms with van der Waals surface area (Å²) in [5, 5.41) is 23.1. The van der Waals surface area contributed by atoms with Crippen LogP contribution >= 0.6 is 0 Å². The van der Waals surface area contributed by atoms with Crippen LogP contribution in [0.2, 0.25) is 0 Å². The smallest absolute Gasteiger partial charge is 0.275 e. The zero-order chi connectivity index (χ0) is 14.4. The summed E-state index contributed by atoms with van der Waals surface area (Å²) in [6.45, 7) is 4.36. The number of likely N-dealkylation sites (N-methyl/N-ethyl adjacent to an activating group) is 1. The van der Waals surface area contributed by atoms with Gasteiger partial charge >= 0.3 is 0 Å². The third kappa shape index (κ3) is 4.46. The average Bonchev–Trinajstić information content (AvgIpc) is 2.36. The summed E-state index contributed by atoms with van der Waals surface area (Å²) in [6, 6.07) is 2.08. The molecule has 0 bridgehead atoms. The molecule has 1 aromatic rings. The van der Waals surface area contributed by atoms with Crippen molar-refractivity contribution in [3.63, 3.8) is 0 Å². The number of nitrogens with zero attached hydrogens (tertiary/aromatic N) is 1. The van der Waals surface area contributed by atoms with E-state index in [-0.39, 0.29) is 18.0 Å². The molecule has 19 heavy (non-hydrogen) atoms. The van der Waals surface area contributed by atoms with Gasteiger partial charge in [-0.05, 0) is 19.5 Å². The summed E-state index contributed by atoms with van der Waals surface area (Å²) in [6.07, 6.45) is -0.769. The Labute approximate surface area is 110 Å². The Hall–Kier alpha value is -1.73. The minimum atomic E-state index is -0.812. The molecule has 0 aliphatic heterocycles. The fourth-order valence-corrected chi connectivity index (χ4v) is 1.51. The molecule has 0 saturated heterocycles. The molecular weight excluding hydrogens is 255 g/mol. The van der Waals surface area contributed by atoms with Crippen LogP contribution < -0.4 is 10.1 Å². The van der Waals surface area contributed by atoms with Gasteiger partial charge in [0.2, 0.25) is 0 Å². The van der Waals surface area contributed by atoms with Gasteiger partial charge in [-0.1, -0.05) is 6.92 Å². The van der Waals surface area contributed by atoms with E-state index in [1.807, 2.05) is 6.92 Å². The molecule has 0 aromatic heterocycles. The zero-order valence-electron chi connectivity index (χ0n) is 10.9. The van der Waals surface area contributed by atoms with E-state index in [2.05, 4.69) is 5.32 Å². The molecule has 2 N–H and O–H groups in total. The van der Waals surface area contributed by atoms with Crippen molar-refractivity contribution < 1.29 is 19.2 Å². The van der Waals surface area contributed by atoms with E-state index in [0.29, 0.717) is 18.7 Å². The molecule has 1 atom stereocenters. The molecule has 0 amide bonds. The van der Waals surface area contributed by atoms with Gasteiger partial charge in [0, 0.05) is 12.1 Å². The highest BCUT2D eigenvalue weighted by Gasteiger charge is 2.17. The summed E-state index contributed by atoms with van der Waals surface area (Å²) in [5.41, 5.74) is 0.0145. The van der Waals surface area contributed by atoms with Gasteiger partial charge in [-0.15, -0.1) is 0 Å². The molecule has 1 unspecified atom stereocenters. The topological polar surface area (TPSA) is 84.6 Å². The second-order valence-corrected chi connectivity index (χ2v) is 4.10. The lowest BCUT2D eigenvalue weighted by Gasteiger charge is -2.13. The second kappa shape index (κ2) is 7.01. The van der Waals surface area contributed by atoms with Crippen LogP contribution in [0.5, 0.6) is 5.75 Å². The van der Waals surface area contributed by atoms with E-state index in [4.69, 9.17) is 4.74 Å². The summed E-state index contributed by atoms with van der Waals surface area (Å²) in [5.74, 6) is -0.911. The van der Waals surface area contributed by atoms with Gasteiger partial charge in [0.15, 0.2) is 11.6 Å². The van der Waals surface area contributed by atoms with Crippen LogP contribution in [-0.2, 0) is 0 Å². The van der Waals surface area contributed by atoms with Gasteiger partial charge in [-0.3, -0.25) is 10.1 Å². The molecule has 0 spiro atoms. The minimum absolute atomic E-state index is 0.0822. The fourth-order valence-electron chi connectivity index (χ4n) is 1.51. The van der Waals surface area contributed by atoms with E-state index in [9.17, 15) is 19.6 Å². The number of nitro groups is 1. The number of aliphatic hydroxyl groups excluding tert-OH is 1. The average molecular weight is 272 g/mol. The van der Waals surface area contributed by atoms with Crippen LogP contribution in [0.1, 0.15) is 12.5 Å². The maximum absolute atomic E-state index is 13.6. The first-order valence-electron chi connectivity index (χ1n) is 5.91. The Morgan fingerprint density at radius 3 is 2.84 bits per heavy atom. The summed E-state index contributed by atoms with van der Waals surface area (Å²) in [7, 11) is 0. The largest absolute Gasteiger partial charge is 0.488 e. The monoisotopic (exact) mass is 272 g/mol. The van der Waals surface area contributed by atoms with Crippen molar-refractivity contribution in [2.75, 3.05) is 19.7 Å². The van der Waals surface area contributed by atoms with Crippen LogP contribution in [0.15, 0.2) is 12.1 Å². The van der Waals surface area contributed by atoms with E-state index < -0.39 is 16.8 Å². The van der Waals surface area contributed by atoms with Crippen molar-refractivity contribution in [2.45, 2.75) is 20.0 Å². The number of nitro benzene ring substituents is 1. The molecule has 7 heteroatoms. The van der Waals surface area contributed by atoms with Crippen LogP contribution in [0, 0.1) is 22.9 Å². The van der Waals surface area contributed by atoms with Crippen LogP contribution in [0.25, 0.3) is 0 Å². The molecule has 0 aliphatic carbocycles. The van der Waals surface area contributed by atoms with E-state index in [1.165, 1.54) is 13.0 Å². The standard InChI is InChI=1S/C12H17FN2O4/c1-3-14-6-9(16)7-19-12-4-8(2)11(15(17)18)5-10(12)13/h4-5,9,14,16H,3,6-7H2,1-2H3. The number of benzene rings is 1. The molecular formula is C12H17FN2O4. The summed E-state index contributed by atoms with van der Waals surface area (Å²) < 4.78 is 18.7. The maximum atomic E-state index is 13.6. The Morgan fingerprint density at radius 2 is 2.26 bits per heavy atom. The van der Waals surface area contributed by atoms with Crippen molar-refractivity contribution in [1.29, 1.82) is 0 Å². The summed E-state index contributed by atoms with van der Waals surface area (Å²) in [4.78, 5) is 9.97. The van der Waals surface area contributed by atoms with Crippen molar-refractivity contribution in [3.05, 3.63) is 33.6 Å². The highest BCUT2D eigenvalue weighted by molar-refractivity contribution is 5.45. The third-order valence-corrected chi connectivity index (χ3v) is 2.51. The molecule has 6 nitrogen and oxygen atoms in total. The zero-order valence-corrected chi connectivity index (χ0v) is 10.9. The van der Waals surface area contributed by atoms with Gasteiger partial charge in [0.05, 0.1) is 11.0 Å². The molecule has 0 aliphatic rings. The first-order chi connectivity index (χ1) is 8.95. The Kier molecular flexibility index (Phi) is 5.65. The first-order valence-corrected chi connectivity index (χ1v) is 5.91. The number of aliphatic hydroxyl groups is 1. The molecule has 0 radical (unpaired) electrons. The van der Waals surface area contributed by atoms with Gasteiger partial charge in [-0.2, -0.15) is 0 Å².